The molecule has 0 spiro atoms. The first-order chi connectivity index (χ1) is 8.08. The highest BCUT2D eigenvalue weighted by molar-refractivity contribution is 7.12. The third-order valence-corrected chi connectivity index (χ3v) is 5.94. The molecule has 0 bridgehead atoms. The SMILES string of the molecule is CC1Cc2nc(C3(N)CCCC3)sc2C(C)C1. The van der Waals surface area contributed by atoms with E-state index >= 15 is 0 Å². The Morgan fingerprint density at radius 3 is 2.71 bits per heavy atom. The first kappa shape index (κ1) is 11.7. The maximum absolute atomic E-state index is 6.52. The van der Waals surface area contributed by atoms with Crippen LogP contribution in [0, 0.1) is 5.92 Å². The second-order valence-corrected chi connectivity index (χ2v) is 7.17. The molecule has 0 aromatic carbocycles. The monoisotopic (exact) mass is 250 g/mol. The first-order valence-electron chi connectivity index (χ1n) is 6.87. The lowest BCUT2D eigenvalue weighted by Gasteiger charge is -2.22. The maximum Gasteiger partial charge on any atom is 0.113 e. The van der Waals surface area contributed by atoms with E-state index in [1.807, 2.05) is 11.3 Å². The number of hydrogen-bond donors (Lipinski definition) is 1. The molecule has 3 rings (SSSR count). The van der Waals surface area contributed by atoms with Crippen LogP contribution in [0.1, 0.15) is 67.4 Å². The molecule has 94 valence electrons. The van der Waals surface area contributed by atoms with Gasteiger partial charge in [-0.05, 0) is 37.5 Å². The summed E-state index contributed by atoms with van der Waals surface area (Å²) in [5.41, 5.74) is 7.78. The van der Waals surface area contributed by atoms with Gasteiger partial charge in [0.15, 0.2) is 0 Å². The summed E-state index contributed by atoms with van der Waals surface area (Å²) in [4.78, 5) is 6.42. The fourth-order valence-electron chi connectivity index (χ4n) is 3.45. The molecule has 2 unspecified atom stereocenters. The number of rotatable bonds is 1. The summed E-state index contributed by atoms with van der Waals surface area (Å²) in [6.07, 6.45) is 7.27. The molecule has 1 aromatic rings. The molecule has 2 aliphatic rings. The molecule has 1 heterocycles. The second-order valence-electron chi connectivity index (χ2n) is 6.14. The predicted molar refractivity (Wildman–Crippen MR) is 72.3 cm³/mol. The van der Waals surface area contributed by atoms with Crippen molar-refractivity contribution in [2.45, 2.75) is 63.8 Å². The van der Waals surface area contributed by atoms with E-state index in [2.05, 4.69) is 13.8 Å². The van der Waals surface area contributed by atoms with Gasteiger partial charge in [-0.25, -0.2) is 4.98 Å². The van der Waals surface area contributed by atoms with E-state index in [-0.39, 0.29) is 5.54 Å². The van der Waals surface area contributed by atoms with Gasteiger partial charge in [0.25, 0.3) is 0 Å². The normalized spacial score (nSPS) is 31.5. The number of hydrogen-bond acceptors (Lipinski definition) is 3. The van der Waals surface area contributed by atoms with Crippen LogP contribution >= 0.6 is 11.3 Å². The van der Waals surface area contributed by atoms with E-state index < -0.39 is 0 Å². The number of aromatic nitrogens is 1. The van der Waals surface area contributed by atoms with Crippen LogP contribution in [0.2, 0.25) is 0 Å². The van der Waals surface area contributed by atoms with Crippen molar-refractivity contribution in [3.05, 3.63) is 15.6 Å². The number of nitrogens with zero attached hydrogens (tertiary/aromatic N) is 1. The quantitative estimate of drug-likeness (QED) is 0.827. The zero-order chi connectivity index (χ0) is 12.0. The number of nitrogens with two attached hydrogens (primary N) is 1. The molecule has 0 saturated heterocycles. The molecule has 2 nitrogen and oxygen atoms in total. The molecular weight excluding hydrogens is 228 g/mol. The largest absolute Gasteiger partial charge is 0.319 e. The Bertz CT molecular complexity index is 418. The molecule has 2 aliphatic carbocycles. The van der Waals surface area contributed by atoms with Gasteiger partial charge in [0.05, 0.1) is 11.2 Å². The van der Waals surface area contributed by atoms with Gasteiger partial charge >= 0.3 is 0 Å². The highest BCUT2D eigenvalue weighted by Gasteiger charge is 2.36. The molecule has 0 amide bonds. The molecule has 2 atom stereocenters. The summed E-state index contributed by atoms with van der Waals surface area (Å²) >= 11 is 1.91. The van der Waals surface area contributed by atoms with Gasteiger partial charge in [-0.2, -0.15) is 0 Å². The third kappa shape index (κ3) is 1.93. The van der Waals surface area contributed by atoms with Crippen molar-refractivity contribution < 1.29 is 0 Å². The van der Waals surface area contributed by atoms with Crippen LogP contribution in [0.3, 0.4) is 0 Å². The van der Waals surface area contributed by atoms with Crippen LogP contribution in [0.25, 0.3) is 0 Å². The Labute approximate surface area is 108 Å². The van der Waals surface area contributed by atoms with Crippen LogP contribution < -0.4 is 5.73 Å². The predicted octanol–water partition coefficient (Wildman–Crippen LogP) is 3.56. The van der Waals surface area contributed by atoms with E-state index in [9.17, 15) is 0 Å². The van der Waals surface area contributed by atoms with Crippen LogP contribution in [-0.4, -0.2) is 4.98 Å². The smallest absolute Gasteiger partial charge is 0.113 e. The highest BCUT2D eigenvalue weighted by Crippen LogP contribution is 2.44. The van der Waals surface area contributed by atoms with E-state index in [0.29, 0.717) is 5.92 Å². The summed E-state index contributed by atoms with van der Waals surface area (Å²) in [5.74, 6) is 1.47. The Balaban J connectivity index is 1.96. The van der Waals surface area contributed by atoms with Gasteiger partial charge in [0.2, 0.25) is 0 Å². The van der Waals surface area contributed by atoms with Gasteiger partial charge in [-0.3, -0.25) is 0 Å². The molecule has 1 fully saturated rings. The Kier molecular flexibility index (Phi) is 2.79. The minimum atomic E-state index is -0.0923. The minimum absolute atomic E-state index is 0.0923. The van der Waals surface area contributed by atoms with Crippen LogP contribution in [0.5, 0.6) is 0 Å². The van der Waals surface area contributed by atoms with Gasteiger partial charge in [-0.1, -0.05) is 26.7 Å². The summed E-state index contributed by atoms with van der Waals surface area (Å²) in [7, 11) is 0. The zero-order valence-electron chi connectivity index (χ0n) is 10.8. The van der Waals surface area contributed by atoms with E-state index in [0.717, 1.165) is 25.2 Å². The molecular formula is C14H22N2S. The summed E-state index contributed by atoms with van der Waals surface area (Å²) in [6.45, 7) is 4.68. The molecule has 1 saturated carbocycles. The Morgan fingerprint density at radius 1 is 1.29 bits per heavy atom. The van der Waals surface area contributed by atoms with Gasteiger partial charge in [-0.15, -0.1) is 11.3 Å². The van der Waals surface area contributed by atoms with Crippen LogP contribution in [0.4, 0.5) is 0 Å². The Hall–Kier alpha value is -0.410. The highest BCUT2D eigenvalue weighted by atomic mass is 32.1. The third-order valence-electron chi connectivity index (χ3n) is 4.39. The molecule has 1 aromatic heterocycles. The van der Waals surface area contributed by atoms with Crippen LogP contribution in [-0.2, 0) is 12.0 Å². The van der Waals surface area contributed by atoms with Crippen molar-refractivity contribution >= 4 is 11.3 Å². The zero-order valence-corrected chi connectivity index (χ0v) is 11.6. The lowest BCUT2D eigenvalue weighted by molar-refractivity contribution is 0.439. The fraction of sp³-hybridized carbons (Fsp3) is 0.786. The lowest BCUT2D eigenvalue weighted by atomic mass is 9.85. The van der Waals surface area contributed by atoms with E-state index in [4.69, 9.17) is 10.7 Å². The molecule has 3 heteroatoms. The van der Waals surface area contributed by atoms with Crippen molar-refractivity contribution in [3.63, 3.8) is 0 Å². The van der Waals surface area contributed by atoms with E-state index in [1.54, 1.807) is 0 Å². The van der Waals surface area contributed by atoms with Crippen molar-refractivity contribution in [1.29, 1.82) is 0 Å². The van der Waals surface area contributed by atoms with E-state index in [1.165, 1.54) is 34.8 Å². The average molecular weight is 250 g/mol. The topological polar surface area (TPSA) is 38.9 Å². The van der Waals surface area contributed by atoms with Gasteiger partial charge in [0, 0.05) is 4.88 Å². The first-order valence-corrected chi connectivity index (χ1v) is 7.69. The number of fused-ring (bicyclic) bond motifs is 1. The molecule has 0 aliphatic heterocycles. The molecule has 2 N–H and O–H groups in total. The lowest BCUT2D eigenvalue weighted by Crippen LogP contribution is -2.32. The summed E-state index contributed by atoms with van der Waals surface area (Å²) in [5, 5.41) is 1.22. The van der Waals surface area contributed by atoms with Gasteiger partial charge < -0.3 is 5.73 Å². The second kappa shape index (κ2) is 4.06. The molecule has 17 heavy (non-hydrogen) atoms. The summed E-state index contributed by atoms with van der Waals surface area (Å²) < 4.78 is 0. The Morgan fingerprint density at radius 2 is 2.00 bits per heavy atom. The minimum Gasteiger partial charge on any atom is -0.319 e. The van der Waals surface area contributed by atoms with Crippen molar-refractivity contribution in [1.82, 2.24) is 4.98 Å². The molecule has 0 radical (unpaired) electrons. The summed E-state index contributed by atoms with van der Waals surface area (Å²) in [6, 6.07) is 0. The van der Waals surface area contributed by atoms with Crippen molar-refractivity contribution in [2.24, 2.45) is 11.7 Å². The van der Waals surface area contributed by atoms with Gasteiger partial charge in [0.1, 0.15) is 5.01 Å². The average Bonchev–Trinajstić information content (AvgIpc) is 2.84. The number of thiazole rings is 1. The fourth-order valence-corrected chi connectivity index (χ4v) is 4.77. The maximum atomic E-state index is 6.52. The standard InChI is InChI=1S/C14H22N2S/c1-9-7-10(2)12-11(8-9)16-13(17-12)14(15)5-3-4-6-14/h9-10H,3-8,15H2,1-2H3. The van der Waals surface area contributed by atoms with Crippen molar-refractivity contribution in [3.8, 4) is 0 Å². The van der Waals surface area contributed by atoms with Crippen molar-refractivity contribution in [2.75, 3.05) is 0 Å². The van der Waals surface area contributed by atoms with Crippen LogP contribution in [0.15, 0.2) is 0 Å².